The van der Waals surface area contributed by atoms with Gasteiger partial charge < -0.3 is 10.2 Å². The van der Waals surface area contributed by atoms with Crippen LogP contribution in [0, 0.1) is 5.92 Å². The van der Waals surface area contributed by atoms with E-state index in [1.165, 1.54) is 19.3 Å². The van der Waals surface area contributed by atoms with Gasteiger partial charge in [0.1, 0.15) is 0 Å². The second-order valence-corrected chi connectivity index (χ2v) is 7.92. The largest absolute Gasteiger partial charge is 0.320 e. The van der Waals surface area contributed by atoms with Crippen LogP contribution in [-0.4, -0.2) is 52.3 Å². The Balaban J connectivity index is 0.00000242. The molecule has 0 unspecified atom stereocenters. The standard InChI is InChI=1S/C16H26N2O2S.ClH/c1-17-10-7-15-8-11-18(12-9-15)13-14-21(19,20)16-5-3-2-4-6-16;/h2-6,15,17H,7-14H2,1H3;1H. The van der Waals surface area contributed by atoms with Gasteiger partial charge in [0.05, 0.1) is 10.6 Å². The molecule has 0 radical (unpaired) electrons. The minimum atomic E-state index is -3.14. The van der Waals surface area contributed by atoms with E-state index in [-0.39, 0.29) is 18.2 Å². The monoisotopic (exact) mass is 346 g/mol. The topological polar surface area (TPSA) is 49.4 Å². The molecule has 2 rings (SSSR count). The molecule has 0 spiro atoms. The highest BCUT2D eigenvalue weighted by Gasteiger charge is 2.21. The maximum Gasteiger partial charge on any atom is 0.179 e. The third kappa shape index (κ3) is 5.88. The third-order valence-electron chi connectivity index (χ3n) is 4.29. The number of likely N-dealkylation sites (tertiary alicyclic amines) is 1. The maximum atomic E-state index is 12.2. The minimum absolute atomic E-state index is 0. The first kappa shape index (κ1) is 19.4. The number of piperidine rings is 1. The second kappa shape index (κ2) is 9.50. The smallest absolute Gasteiger partial charge is 0.179 e. The molecule has 0 saturated carbocycles. The van der Waals surface area contributed by atoms with Gasteiger partial charge in [0.2, 0.25) is 0 Å². The third-order valence-corrected chi connectivity index (χ3v) is 6.00. The highest BCUT2D eigenvalue weighted by molar-refractivity contribution is 7.91. The fourth-order valence-corrected chi connectivity index (χ4v) is 4.15. The van der Waals surface area contributed by atoms with Crippen LogP contribution < -0.4 is 5.32 Å². The minimum Gasteiger partial charge on any atom is -0.320 e. The number of rotatable bonds is 7. The van der Waals surface area contributed by atoms with Gasteiger partial charge in [-0.05, 0) is 64.0 Å². The summed E-state index contributed by atoms with van der Waals surface area (Å²) in [5.74, 6) is 1.01. The molecule has 1 aromatic rings. The highest BCUT2D eigenvalue weighted by atomic mass is 35.5. The Labute approximate surface area is 140 Å². The van der Waals surface area contributed by atoms with Gasteiger partial charge >= 0.3 is 0 Å². The number of halogens is 1. The van der Waals surface area contributed by atoms with Crippen LogP contribution in [0.4, 0.5) is 0 Å². The predicted molar refractivity (Wildman–Crippen MR) is 93.5 cm³/mol. The number of sulfone groups is 1. The van der Waals surface area contributed by atoms with Gasteiger partial charge in [-0.25, -0.2) is 8.42 Å². The molecule has 0 aromatic heterocycles. The summed E-state index contributed by atoms with van der Waals surface area (Å²) >= 11 is 0. The highest BCUT2D eigenvalue weighted by Crippen LogP contribution is 2.20. The average molecular weight is 347 g/mol. The number of nitrogens with zero attached hydrogens (tertiary/aromatic N) is 1. The molecular formula is C16H27ClN2O2S. The van der Waals surface area contributed by atoms with Crippen molar-refractivity contribution in [2.24, 2.45) is 5.92 Å². The number of benzene rings is 1. The van der Waals surface area contributed by atoms with Crippen molar-refractivity contribution < 1.29 is 8.42 Å². The van der Waals surface area contributed by atoms with E-state index in [4.69, 9.17) is 0 Å². The summed E-state index contributed by atoms with van der Waals surface area (Å²) in [5, 5.41) is 3.20. The Morgan fingerprint density at radius 2 is 1.82 bits per heavy atom. The summed E-state index contributed by atoms with van der Waals surface area (Å²) in [7, 11) is -1.15. The van der Waals surface area contributed by atoms with Gasteiger partial charge in [0, 0.05) is 6.54 Å². The first-order valence-electron chi connectivity index (χ1n) is 7.76. The van der Waals surface area contributed by atoms with Crippen LogP contribution >= 0.6 is 12.4 Å². The molecule has 1 aliphatic rings. The van der Waals surface area contributed by atoms with E-state index in [2.05, 4.69) is 10.2 Å². The zero-order valence-corrected chi connectivity index (χ0v) is 14.8. The van der Waals surface area contributed by atoms with Crippen LogP contribution in [-0.2, 0) is 9.84 Å². The maximum absolute atomic E-state index is 12.2. The fraction of sp³-hybridized carbons (Fsp3) is 0.625. The Morgan fingerprint density at radius 1 is 1.18 bits per heavy atom. The molecule has 0 atom stereocenters. The van der Waals surface area contributed by atoms with E-state index < -0.39 is 9.84 Å². The Morgan fingerprint density at radius 3 is 2.41 bits per heavy atom. The first-order chi connectivity index (χ1) is 10.1. The molecule has 1 heterocycles. The summed E-state index contributed by atoms with van der Waals surface area (Å²) in [6.07, 6.45) is 3.60. The lowest BCUT2D eigenvalue weighted by Crippen LogP contribution is -2.37. The molecule has 126 valence electrons. The summed E-state index contributed by atoms with van der Waals surface area (Å²) in [6.45, 7) is 3.78. The molecule has 4 nitrogen and oxygen atoms in total. The van der Waals surface area contributed by atoms with Gasteiger partial charge in [-0.1, -0.05) is 18.2 Å². The summed E-state index contributed by atoms with van der Waals surface area (Å²) in [4.78, 5) is 2.73. The number of hydrogen-bond donors (Lipinski definition) is 1. The molecule has 6 heteroatoms. The van der Waals surface area contributed by atoms with Gasteiger partial charge in [0.15, 0.2) is 9.84 Å². The van der Waals surface area contributed by atoms with Crippen LogP contribution in [0.15, 0.2) is 35.2 Å². The molecule has 1 aliphatic heterocycles. The van der Waals surface area contributed by atoms with Crippen molar-refractivity contribution >= 4 is 22.2 Å². The summed E-state index contributed by atoms with van der Waals surface area (Å²) < 4.78 is 24.5. The Bertz CT molecular complexity index is 514. The summed E-state index contributed by atoms with van der Waals surface area (Å²) in [6, 6.07) is 8.76. The van der Waals surface area contributed by atoms with Crippen LogP contribution in [0.3, 0.4) is 0 Å². The van der Waals surface area contributed by atoms with Crippen LogP contribution in [0.2, 0.25) is 0 Å². The predicted octanol–water partition coefficient (Wildman–Crippen LogP) is 2.20. The van der Waals surface area contributed by atoms with Crippen molar-refractivity contribution in [1.29, 1.82) is 0 Å². The van der Waals surface area contributed by atoms with Gasteiger partial charge in [-0.15, -0.1) is 12.4 Å². The van der Waals surface area contributed by atoms with Crippen molar-refractivity contribution in [1.82, 2.24) is 10.2 Å². The molecule has 22 heavy (non-hydrogen) atoms. The quantitative estimate of drug-likeness (QED) is 0.822. The molecule has 0 amide bonds. The van der Waals surface area contributed by atoms with Crippen molar-refractivity contribution in [3.05, 3.63) is 30.3 Å². The summed E-state index contributed by atoms with van der Waals surface area (Å²) in [5.41, 5.74) is 0. The van der Waals surface area contributed by atoms with Crippen molar-refractivity contribution in [2.45, 2.75) is 24.2 Å². The lowest BCUT2D eigenvalue weighted by molar-refractivity contribution is 0.187. The van der Waals surface area contributed by atoms with Gasteiger partial charge in [-0.3, -0.25) is 0 Å². The van der Waals surface area contributed by atoms with Gasteiger partial charge in [0.25, 0.3) is 0 Å². The second-order valence-electron chi connectivity index (χ2n) is 5.81. The van der Waals surface area contributed by atoms with E-state index in [0.29, 0.717) is 11.4 Å². The number of nitrogens with one attached hydrogen (secondary N) is 1. The van der Waals surface area contributed by atoms with E-state index in [1.807, 2.05) is 13.1 Å². The molecule has 1 N–H and O–H groups in total. The lowest BCUT2D eigenvalue weighted by atomic mass is 9.94. The van der Waals surface area contributed by atoms with E-state index in [0.717, 1.165) is 25.6 Å². The Kier molecular flexibility index (Phi) is 8.39. The van der Waals surface area contributed by atoms with Crippen molar-refractivity contribution in [3.63, 3.8) is 0 Å². The molecule has 1 saturated heterocycles. The van der Waals surface area contributed by atoms with E-state index >= 15 is 0 Å². The molecule has 1 aromatic carbocycles. The Hall–Kier alpha value is -0.620. The fourth-order valence-electron chi connectivity index (χ4n) is 2.84. The van der Waals surface area contributed by atoms with Crippen LogP contribution in [0.5, 0.6) is 0 Å². The molecule has 1 fully saturated rings. The average Bonchev–Trinajstić information content (AvgIpc) is 2.53. The number of hydrogen-bond acceptors (Lipinski definition) is 4. The lowest BCUT2D eigenvalue weighted by Gasteiger charge is -2.31. The SMILES string of the molecule is CNCCC1CCN(CCS(=O)(=O)c2ccccc2)CC1.Cl. The van der Waals surface area contributed by atoms with Crippen molar-refractivity contribution in [2.75, 3.05) is 39.0 Å². The zero-order valence-electron chi connectivity index (χ0n) is 13.2. The normalized spacial score (nSPS) is 17.1. The van der Waals surface area contributed by atoms with E-state index in [1.54, 1.807) is 24.3 Å². The van der Waals surface area contributed by atoms with Gasteiger partial charge in [-0.2, -0.15) is 0 Å². The van der Waals surface area contributed by atoms with Crippen LogP contribution in [0.1, 0.15) is 19.3 Å². The van der Waals surface area contributed by atoms with E-state index in [9.17, 15) is 8.42 Å². The molecule has 0 aliphatic carbocycles. The first-order valence-corrected chi connectivity index (χ1v) is 9.42. The zero-order chi connectivity index (χ0) is 15.1. The molecule has 0 bridgehead atoms. The molecular weight excluding hydrogens is 320 g/mol. The van der Waals surface area contributed by atoms with Crippen molar-refractivity contribution in [3.8, 4) is 0 Å². The van der Waals surface area contributed by atoms with Crippen LogP contribution in [0.25, 0.3) is 0 Å².